The van der Waals surface area contributed by atoms with Gasteiger partial charge in [0.2, 0.25) is 11.8 Å². The maximum absolute atomic E-state index is 14.3. The van der Waals surface area contributed by atoms with Crippen LogP contribution in [0.1, 0.15) is 31.2 Å². The quantitative estimate of drug-likeness (QED) is 0.164. The zero-order chi connectivity index (χ0) is 26.6. The Labute approximate surface area is 231 Å². The highest BCUT2D eigenvalue weighted by Gasteiger charge is 2.76. The highest BCUT2D eigenvalue weighted by Crippen LogP contribution is 2.68. The topological polar surface area (TPSA) is 87.2 Å². The largest absolute Gasteiger partial charge is 0.465 e. The second kappa shape index (κ2) is 12.2. The summed E-state index contributed by atoms with van der Waals surface area (Å²) in [7, 11) is 0. The fourth-order valence-electron chi connectivity index (χ4n) is 6.02. The number of likely N-dealkylation sites (tertiary alicyclic amines) is 1. The van der Waals surface area contributed by atoms with E-state index in [-0.39, 0.29) is 41.1 Å². The lowest BCUT2D eigenvalue weighted by Crippen LogP contribution is -2.55. The number of hydrogen-bond donors (Lipinski definition) is 1. The molecule has 7 nitrogen and oxygen atoms in total. The molecule has 3 aliphatic heterocycles. The molecule has 200 valence electrons. The Morgan fingerprint density at radius 2 is 2.00 bits per heavy atom. The van der Waals surface area contributed by atoms with Crippen LogP contribution in [0.25, 0.3) is 0 Å². The number of fused-ring (bicyclic) bond motifs is 1. The van der Waals surface area contributed by atoms with E-state index in [9.17, 15) is 19.5 Å². The van der Waals surface area contributed by atoms with Crippen LogP contribution in [0.2, 0.25) is 0 Å². The van der Waals surface area contributed by atoms with Crippen molar-refractivity contribution in [2.45, 2.75) is 53.1 Å². The number of alkyl halides is 1. The molecule has 1 N–H and O–H groups in total. The molecule has 37 heavy (non-hydrogen) atoms. The van der Waals surface area contributed by atoms with Crippen LogP contribution in [0, 0.1) is 11.8 Å². The molecular formula is C28H35BrN2O5S. The van der Waals surface area contributed by atoms with Gasteiger partial charge in [0.05, 0.1) is 23.2 Å². The Morgan fingerprint density at radius 1 is 1.24 bits per heavy atom. The number of aliphatic hydroxyl groups is 1. The molecule has 3 unspecified atom stereocenters. The molecule has 0 aliphatic carbocycles. The third-order valence-corrected chi connectivity index (χ3v) is 10.8. The molecule has 3 aliphatic rings. The minimum absolute atomic E-state index is 0.00632. The third-order valence-electron chi connectivity index (χ3n) is 7.55. The second-order valence-electron chi connectivity index (χ2n) is 9.86. The van der Waals surface area contributed by atoms with Gasteiger partial charge in [-0.2, -0.15) is 0 Å². The van der Waals surface area contributed by atoms with Gasteiger partial charge in [-0.15, -0.1) is 24.9 Å². The molecular weight excluding hydrogens is 556 g/mol. The molecule has 6 atom stereocenters. The minimum Gasteiger partial charge on any atom is -0.465 e. The van der Waals surface area contributed by atoms with Gasteiger partial charge in [-0.25, -0.2) is 0 Å². The third kappa shape index (κ3) is 5.27. The highest BCUT2D eigenvalue weighted by atomic mass is 79.9. The number of esters is 1. The molecule has 3 fully saturated rings. The van der Waals surface area contributed by atoms with Crippen molar-refractivity contribution in [2.75, 3.05) is 26.3 Å². The smallest absolute Gasteiger partial charge is 0.310 e. The number of ether oxygens (including phenoxy) is 1. The van der Waals surface area contributed by atoms with Gasteiger partial charge in [0.15, 0.2) is 0 Å². The van der Waals surface area contributed by atoms with Gasteiger partial charge in [0.25, 0.3) is 0 Å². The summed E-state index contributed by atoms with van der Waals surface area (Å²) < 4.78 is 4.84. The summed E-state index contributed by atoms with van der Waals surface area (Å²) >= 11 is 5.38. The van der Waals surface area contributed by atoms with Gasteiger partial charge in [-0.1, -0.05) is 58.4 Å². The number of halogens is 1. The van der Waals surface area contributed by atoms with Crippen LogP contribution in [0.3, 0.4) is 0 Å². The molecule has 0 saturated carbocycles. The predicted molar refractivity (Wildman–Crippen MR) is 148 cm³/mol. The Kier molecular flexibility index (Phi) is 9.19. The van der Waals surface area contributed by atoms with E-state index in [1.165, 1.54) is 0 Å². The van der Waals surface area contributed by atoms with Crippen LogP contribution in [0.5, 0.6) is 0 Å². The Hall–Kier alpha value is -2.10. The van der Waals surface area contributed by atoms with Crippen molar-refractivity contribution in [1.29, 1.82) is 0 Å². The lowest BCUT2D eigenvalue weighted by Gasteiger charge is -2.38. The molecule has 2 bridgehead atoms. The molecule has 1 aromatic rings. The van der Waals surface area contributed by atoms with Crippen molar-refractivity contribution in [2.24, 2.45) is 11.8 Å². The number of rotatable bonds is 13. The van der Waals surface area contributed by atoms with Crippen molar-refractivity contribution in [1.82, 2.24) is 9.80 Å². The SMILES string of the molecule is C=CCCOC(=O)[C@H]1[C@@H]2SC3(CC2Br)C(C(=O)N(CC=C)Cc2ccccc2)N(CCCCO)C(=O)[C@H]13. The minimum atomic E-state index is -0.718. The van der Waals surface area contributed by atoms with Crippen molar-refractivity contribution < 1.29 is 24.2 Å². The summed E-state index contributed by atoms with van der Waals surface area (Å²) in [6.45, 7) is 8.89. The molecule has 3 saturated heterocycles. The molecule has 1 spiro atoms. The number of nitrogens with zero attached hydrogens (tertiary/aromatic N) is 2. The average Bonchev–Trinajstić information content (AvgIpc) is 3.48. The van der Waals surface area contributed by atoms with Gasteiger partial charge >= 0.3 is 5.97 Å². The molecule has 1 aromatic carbocycles. The summed E-state index contributed by atoms with van der Waals surface area (Å²) in [6.07, 6.45) is 5.67. The van der Waals surface area contributed by atoms with E-state index < -0.39 is 22.6 Å². The van der Waals surface area contributed by atoms with E-state index in [2.05, 4.69) is 29.1 Å². The highest BCUT2D eigenvalue weighted by molar-refractivity contribution is 9.09. The van der Waals surface area contributed by atoms with Gasteiger partial charge in [0.1, 0.15) is 6.04 Å². The molecule has 9 heteroatoms. The number of hydrogen-bond acceptors (Lipinski definition) is 6. The Morgan fingerprint density at radius 3 is 2.68 bits per heavy atom. The lowest BCUT2D eigenvalue weighted by molar-refractivity contribution is -0.154. The first-order valence-corrected chi connectivity index (χ1v) is 14.6. The molecule has 4 rings (SSSR count). The molecule has 3 heterocycles. The van der Waals surface area contributed by atoms with Crippen molar-refractivity contribution in [3.8, 4) is 0 Å². The first kappa shape index (κ1) is 27.9. The fourth-order valence-corrected chi connectivity index (χ4v) is 9.61. The number of aliphatic hydroxyl groups excluding tert-OH is 1. The van der Waals surface area contributed by atoms with Crippen LogP contribution in [-0.4, -0.2) is 79.9 Å². The van der Waals surface area contributed by atoms with Gasteiger partial charge in [-0.05, 0) is 31.2 Å². The normalized spacial score (nSPS) is 29.7. The van der Waals surface area contributed by atoms with Crippen LogP contribution in [-0.2, 0) is 25.7 Å². The van der Waals surface area contributed by atoms with E-state index in [0.29, 0.717) is 45.3 Å². The van der Waals surface area contributed by atoms with E-state index in [4.69, 9.17) is 4.74 Å². The summed E-state index contributed by atoms with van der Waals surface area (Å²) in [5.41, 5.74) is 0.994. The van der Waals surface area contributed by atoms with Crippen molar-refractivity contribution >= 4 is 45.5 Å². The number of thioether (sulfide) groups is 1. The summed E-state index contributed by atoms with van der Waals surface area (Å²) in [5, 5.41) is 9.22. The monoisotopic (exact) mass is 590 g/mol. The maximum atomic E-state index is 14.3. The van der Waals surface area contributed by atoms with Crippen molar-refractivity contribution in [3.63, 3.8) is 0 Å². The Balaban J connectivity index is 1.69. The summed E-state index contributed by atoms with van der Waals surface area (Å²) in [6, 6.07) is 9.06. The Bertz CT molecular complexity index is 1020. The lowest BCUT2D eigenvalue weighted by atomic mass is 9.71. The van der Waals surface area contributed by atoms with Crippen molar-refractivity contribution in [3.05, 3.63) is 61.2 Å². The zero-order valence-corrected chi connectivity index (χ0v) is 23.4. The molecule has 0 aromatic heterocycles. The van der Waals surface area contributed by atoms with E-state index in [0.717, 1.165) is 5.56 Å². The molecule has 0 radical (unpaired) electrons. The van der Waals surface area contributed by atoms with E-state index >= 15 is 0 Å². The first-order valence-electron chi connectivity index (χ1n) is 12.8. The second-order valence-corrected chi connectivity index (χ2v) is 12.6. The standard InChI is InChI=1S/C28H35BrN2O5S/c1-3-5-16-36-27(35)21-22-25(33)31(14-9-10-15-32)24(28(22)17-20(29)23(21)37-28)26(34)30(13-4-2)18-19-11-7-6-8-12-19/h3-4,6-8,11-12,20-24,32H,1-2,5,9-10,13-18H2/t20?,21-,22+,23-,24?,28?/m1/s1. The average molecular weight is 592 g/mol. The number of unbranched alkanes of at least 4 members (excludes halogenated alkanes) is 1. The summed E-state index contributed by atoms with van der Waals surface area (Å²) in [4.78, 5) is 45.0. The van der Waals surface area contributed by atoms with Gasteiger partial charge in [0, 0.05) is 36.3 Å². The van der Waals surface area contributed by atoms with E-state index in [1.807, 2.05) is 30.3 Å². The number of amides is 2. The number of carbonyl (C=O) groups is 3. The fraction of sp³-hybridized carbons (Fsp3) is 0.536. The van der Waals surface area contributed by atoms with Gasteiger partial charge in [-0.3, -0.25) is 14.4 Å². The van der Waals surface area contributed by atoms with Gasteiger partial charge < -0.3 is 19.6 Å². The van der Waals surface area contributed by atoms with Crippen LogP contribution in [0.15, 0.2) is 55.6 Å². The maximum Gasteiger partial charge on any atom is 0.310 e. The predicted octanol–water partition coefficient (Wildman–Crippen LogP) is 3.56. The summed E-state index contributed by atoms with van der Waals surface area (Å²) in [5.74, 6) is -1.88. The number of benzene rings is 1. The van der Waals surface area contributed by atoms with Crippen LogP contribution in [0.4, 0.5) is 0 Å². The number of carbonyl (C=O) groups excluding carboxylic acids is 3. The van der Waals surface area contributed by atoms with Crippen LogP contribution < -0.4 is 0 Å². The zero-order valence-electron chi connectivity index (χ0n) is 21.0. The van der Waals surface area contributed by atoms with E-state index in [1.54, 1.807) is 33.7 Å². The molecule has 2 amide bonds. The van der Waals surface area contributed by atoms with Crippen LogP contribution >= 0.6 is 27.7 Å². The first-order chi connectivity index (χ1) is 17.9.